The monoisotopic (exact) mass is 684 g/mol. The molecule has 250 valence electrons. The van der Waals surface area contributed by atoms with Gasteiger partial charge in [-0.1, -0.05) is 152 Å². The van der Waals surface area contributed by atoms with Gasteiger partial charge < -0.3 is 0 Å². The van der Waals surface area contributed by atoms with Crippen molar-refractivity contribution in [3.8, 4) is 44.6 Å². The first-order chi connectivity index (χ1) is 26.8. The summed E-state index contributed by atoms with van der Waals surface area (Å²) in [6.45, 7) is 0. The van der Waals surface area contributed by atoms with Crippen LogP contribution in [0.3, 0.4) is 0 Å². The van der Waals surface area contributed by atoms with E-state index < -0.39 is 0 Å². The van der Waals surface area contributed by atoms with E-state index in [1.165, 1.54) is 70.7 Å². The Morgan fingerprint density at radius 3 is 1.46 bits per heavy atom. The third-order valence-corrected chi connectivity index (χ3v) is 11.1. The molecule has 0 amide bonds. The number of rotatable bonds is 4. The van der Waals surface area contributed by atoms with Crippen molar-refractivity contribution in [1.82, 2.24) is 9.97 Å². The SMILES string of the molecule is c1ccc2cc(-c3c4ccccc4c(-c4ccc5ccccc5c4)c4cc(-c5cncc(-c6nc7ccccc7c7ccccc67)c5)ccc34)ccc2c1. The first kappa shape index (κ1) is 30.5. The molecular weight excluding hydrogens is 653 g/mol. The van der Waals surface area contributed by atoms with Crippen molar-refractivity contribution in [2.75, 3.05) is 0 Å². The van der Waals surface area contributed by atoms with E-state index >= 15 is 0 Å². The number of hydrogen-bond acceptors (Lipinski definition) is 2. The van der Waals surface area contributed by atoms with Crippen LogP contribution in [-0.4, -0.2) is 9.97 Å². The highest BCUT2D eigenvalue weighted by Gasteiger charge is 2.19. The Kier molecular flexibility index (Phi) is 6.90. The van der Waals surface area contributed by atoms with Gasteiger partial charge in [0.25, 0.3) is 0 Å². The topological polar surface area (TPSA) is 25.8 Å². The lowest BCUT2D eigenvalue weighted by Crippen LogP contribution is -1.93. The van der Waals surface area contributed by atoms with Gasteiger partial charge in [0.2, 0.25) is 0 Å². The first-order valence-electron chi connectivity index (χ1n) is 18.5. The number of nitrogens with zero attached hydrogens (tertiary/aromatic N) is 2. The fraction of sp³-hybridized carbons (Fsp3) is 0. The van der Waals surface area contributed by atoms with Crippen LogP contribution in [0.4, 0.5) is 0 Å². The predicted molar refractivity (Wildman–Crippen MR) is 229 cm³/mol. The van der Waals surface area contributed by atoms with Crippen LogP contribution in [0.2, 0.25) is 0 Å². The van der Waals surface area contributed by atoms with E-state index in [0.717, 1.165) is 38.7 Å². The summed E-state index contributed by atoms with van der Waals surface area (Å²) in [6, 6.07) is 66.0. The van der Waals surface area contributed by atoms with Crippen LogP contribution in [0.15, 0.2) is 194 Å². The average Bonchev–Trinajstić information content (AvgIpc) is 3.24. The van der Waals surface area contributed by atoms with Crippen LogP contribution in [0.25, 0.3) is 109 Å². The highest BCUT2D eigenvalue weighted by atomic mass is 14.7. The normalized spacial score (nSPS) is 11.7. The molecule has 9 aromatic carbocycles. The second-order valence-electron chi connectivity index (χ2n) is 14.2. The standard InChI is InChI=1S/C52H32N2/c1-3-13-35-27-38(23-21-33(35)11-1)50-44-17-6-7-18-45(44)51(39-24-22-34-12-2-4-14-36(34)28-39)48-30-37(25-26-46(48)50)40-29-41(32-53-31-40)52-47-19-8-5-15-42(47)43-16-9-10-20-49(43)54-52/h1-32H. The number of benzene rings is 9. The van der Waals surface area contributed by atoms with Crippen LogP contribution < -0.4 is 0 Å². The Bertz CT molecular complexity index is 3290. The van der Waals surface area contributed by atoms with E-state index in [1.807, 2.05) is 12.4 Å². The summed E-state index contributed by atoms with van der Waals surface area (Å²) in [6.07, 6.45) is 3.93. The van der Waals surface area contributed by atoms with E-state index in [1.54, 1.807) is 0 Å². The Hall–Kier alpha value is -7.16. The zero-order chi connectivity index (χ0) is 35.6. The fourth-order valence-electron chi connectivity index (χ4n) is 8.52. The molecule has 0 saturated heterocycles. The zero-order valence-electron chi connectivity index (χ0n) is 29.4. The van der Waals surface area contributed by atoms with Gasteiger partial charge in [0.05, 0.1) is 11.2 Å². The van der Waals surface area contributed by atoms with Gasteiger partial charge in [-0.2, -0.15) is 0 Å². The third kappa shape index (κ3) is 4.88. The second kappa shape index (κ2) is 12.2. The summed E-state index contributed by atoms with van der Waals surface area (Å²) in [5.74, 6) is 0. The number of fused-ring (bicyclic) bond motifs is 7. The number of pyridine rings is 2. The van der Waals surface area contributed by atoms with Gasteiger partial charge in [0, 0.05) is 34.3 Å². The largest absolute Gasteiger partial charge is 0.263 e. The van der Waals surface area contributed by atoms with E-state index in [4.69, 9.17) is 9.97 Å². The maximum Gasteiger partial charge on any atom is 0.0803 e. The molecule has 0 saturated carbocycles. The highest BCUT2D eigenvalue weighted by molar-refractivity contribution is 6.22. The van der Waals surface area contributed by atoms with Crippen molar-refractivity contribution in [3.05, 3.63) is 194 Å². The van der Waals surface area contributed by atoms with E-state index in [9.17, 15) is 0 Å². The zero-order valence-corrected chi connectivity index (χ0v) is 29.4. The molecule has 2 heteroatoms. The lowest BCUT2D eigenvalue weighted by molar-refractivity contribution is 1.31. The minimum Gasteiger partial charge on any atom is -0.263 e. The van der Waals surface area contributed by atoms with E-state index in [-0.39, 0.29) is 0 Å². The molecule has 0 spiro atoms. The maximum absolute atomic E-state index is 5.20. The summed E-state index contributed by atoms with van der Waals surface area (Å²) in [5.41, 5.74) is 10.0. The second-order valence-corrected chi connectivity index (χ2v) is 14.2. The molecule has 0 bridgehead atoms. The van der Waals surface area contributed by atoms with Gasteiger partial charge in [-0.05, 0) is 107 Å². The van der Waals surface area contributed by atoms with Crippen LogP contribution in [-0.2, 0) is 0 Å². The molecule has 0 aliphatic carbocycles. The average molecular weight is 685 g/mol. The lowest BCUT2D eigenvalue weighted by Gasteiger charge is -2.19. The van der Waals surface area contributed by atoms with Gasteiger partial charge in [-0.25, -0.2) is 4.98 Å². The van der Waals surface area contributed by atoms with Crippen LogP contribution in [0.1, 0.15) is 0 Å². The molecule has 11 aromatic rings. The highest BCUT2D eigenvalue weighted by Crippen LogP contribution is 2.46. The Morgan fingerprint density at radius 1 is 0.278 bits per heavy atom. The Labute approximate surface area is 312 Å². The molecular formula is C52H32N2. The summed E-state index contributed by atoms with van der Waals surface area (Å²) >= 11 is 0. The minimum atomic E-state index is 0.945. The fourth-order valence-corrected chi connectivity index (χ4v) is 8.52. The summed E-state index contributed by atoms with van der Waals surface area (Å²) < 4.78 is 0. The van der Waals surface area contributed by atoms with Gasteiger partial charge >= 0.3 is 0 Å². The van der Waals surface area contributed by atoms with Gasteiger partial charge in [-0.15, -0.1) is 0 Å². The molecule has 0 atom stereocenters. The predicted octanol–water partition coefficient (Wildman–Crippen LogP) is 14.1. The molecule has 0 fully saturated rings. The summed E-state index contributed by atoms with van der Waals surface area (Å²) in [4.78, 5) is 10.0. The Morgan fingerprint density at radius 2 is 0.778 bits per heavy atom. The van der Waals surface area contributed by atoms with Gasteiger partial charge in [0.15, 0.2) is 0 Å². The molecule has 0 aliphatic rings. The van der Waals surface area contributed by atoms with Crippen LogP contribution >= 0.6 is 0 Å². The third-order valence-electron chi connectivity index (χ3n) is 11.1. The Balaban J connectivity index is 1.18. The first-order valence-corrected chi connectivity index (χ1v) is 18.5. The molecule has 0 radical (unpaired) electrons. The summed E-state index contributed by atoms with van der Waals surface area (Å²) in [5, 5.41) is 13.3. The van der Waals surface area contributed by atoms with Crippen molar-refractivity contribution in [2.45, 2.75) is 0 Å². The number of para-hydroxylation sites is 1. The maximum atomic E-state index is 5.20. The van der Waals surface area contributed by atoms with Crippen molar-refractivity contribution in [1.29, 1.82) is 0 Å². The molecule has 2 nitrogen and oxygen atoms in total. The molecule has 11 rings (SSSR count). The number of hydrogen-bond donors (Lipinski definition) is 0. The number of aromatic nitrogens is 2. The summed E-state index contributed by atoms with van der Waals surface area (Å²) in [7, 11) is 0. The molecule has 0 N–H and O–H groups in total. The van der Waals surface area contributed by atoms with Crippen molar-refractivity contribution in [3.63, 3.8) is 0 Å². The quantitative estimate of drug-likeness (QED) is 0.136. The van der Waals surface area contributed by atoms with Crippen molar-refractivity contribution >= 4 is 64.8 Å². The smallest absolute Gasteiger partial charge is 0.0803 e. The van der Waals surface area contributed by atoms with Crippen LogP contribution in [0.5, 0.6) is 0 Å². The molecule has 2 heterocycles. The lowest BCUT2D eigenvalue weighted by atomic mass is 9.84. The molecule has 2 aromatic heterocycles. The van der Waals surface area contributed by atoms with Crippen molar-refractivity contribution in [2.24, 2.45) is 0 Å². The van der Waals surface area contributed by atoms with Crippen LogP contribution in [0, 0.1) is 0 Å². The van der Waals surface area contributed by atoms with Crippen molar-refractivity contribution < 1.29 is 0 Å². The molecule has 0 aliphatic heterocycles. The van der Waals surface area contributed by atoms with E-state index in [0.29, 0.717) is 0 Å². The van der Waals surface area contributed by atoms with E-state index in [2.05, 4.69) is 182 Å². The van der Waals surface area contributed by atoms with Gasteiger partial charge in [0.1, 0.15) is 0 Å². The van der Waals surface area contributed by atoms with Gasteiger partial charge in [-0.3, -0.25) is 4.98 Å². The molecule has 0 unspecified atom stereocenters. The molecule has 54 heavy (non-hydrogen) atoms. The minimum absolute atomic E-state index is 0.945.